The first-order chi connectivity index (χ1) is 6.11. The first-order valence-corrected chi connectivity index (χ1v) is 4.68. The van der Waals surface area contributed by atoms with Gasteiger partial charge in [-0.2, -0.15) is 0 Å². The summed E-state index contributed by atoms with van der Waals surface area (Å²) in [7, 11) is 0. The van der Waals surface area contributed by atoms with Crippen LogP contribution in [0.2, 0.25) is 0 Å². The van der Waals surface area contributed by atoms with Crippen molar-refractivity contribution in [1.29, 1.82) is 0 Å². The molecule has 1 saturated heterocycles. The second-order valence-electron chi connectivity index (χ2n) is 3.60. The molecule has 0 bridgehead atoms. The van der Waals surface area contributed by atoms with Crippen LogP contribution in [0.5, 0.6) is 0 Å². The fourth-order valence-electron chi connectivity index (χ4n) is 1.33. The van der Waals surface area contributed by atoms with Crippen molar-refractivity contribution in [3.05, 3.63) is 0 Å². The molecule has 1 fully saturated rings. The summed E-state index contributed by atoms with van der Waals surface area (Å²) in [5.74, 6) is -0.127. The van der Waals surface area contributed by atoms with E-state index in [1.54, 1.807) is 0 Å². The minimum atomic E-state index is -0.0706. The lowest BCUT2D eigenvalue weighted by molar-refractivity contribution is -0.142. The van der Waals surface area contributed by atoms with Gasteiger partial charge in [-0.1, -0.05) is 0 Å². The monoisotopic (exact) mass is 187 g/mol. The number of nitrogens with one attached hydrogen (secondary N) is 1. The Morgan fingerprint density at radius 1 is 1.62 bits per heavy atom. The van der Waals surface area contributed by atoms with Crippen LogP contribution in [-0.4, -0.2) is 24.7 Å². The summed E-state index contributed by atoms with van der Waals surface area (Å²) in [4.78, 5) is 16.5. The van der Waals surface area contributed by atoms with Gasteiger partial charge in [-0.05, 0) is 27.2 Å². The SMILES string of the molecule is CC(C)ONC(=O)C1CCOC1C. The molecule has 0 aliphatic carbocycles. The fraction of sp³-hybridized carbons (Fsp3) is 0.889. The molecule has 4 heteroatoms. The summed E-state index contributed by atoms with van der Waals surface area (Å²) < 4.78 is 5.28. The number of hydrogen-bond donors (Lipinski definition) is 1. The van der Waals surface area contributed by atoms with E-state index < -0.39 is 0 Å². The third kappa shape index (κ3) is 2.97. The van der Waals surface area contributed by atoms with Gasteiger partial charge in [0.25, 0.3) is 0 Å². The summed E-state index contributed by atoms with van der Waals surface area (Å²) >= 11 is 0. The first-order valence-electron chi connectivity index (χ1n) is 4.68. The summed E-state index contributed by atoms with van der Waals surface area (Å²) in [6, 6.07) is 0. The quantitative estimate of drug-likeness (QED) is 0.667. The molecule has 1 heterocycles. The maximum Gasteiger partial charge on any atom is 0.249 e. The van der Waals surface area contributed by atoms with E-state index in [0.717, 1.165) is 6.42 Å². The minimum absolute atomic E-state index is 0.00997. The molecular weight excluding hydrogens is 170 g/mol. The van der Waals surface area contributed by atoms with Crippen molar-refractivity contribution in [2.24, 2.45) is 5.92 Å². The Kier molecular flexibility index (Phi) is 3.69. The van der Waals surface area contributed by atoms with Gasteiger partial charge in [0.05, 0.1) is 18.1 Å². The van der Waals surface area contributed by atoms with E-state index in [1.807, 2.05) is 20.8 Å². The van der Waals surface area contributed by atoms with Crippen molar-refractivity contribution in [3.63, 3.8) is 0 Å². The average molecular weight is 187 g/mol. The Hall–Kier alpha value is -0.610. The van der Waals surface area contributed by atoms with Gasteiger partial charge in [0, 0.05) is 6.61 Å². The lowest BCUT2D eigenvalue weighted by atomic mass is 10.0. The standard InChI is InChI=1S/C9H17NO3/c1-6(2)13-10-9(11)8-4-5-12-7(8)3/h6-8H,4-5H2,1-3H3,(H,10,11). The molecular formula is C9H17NO3. The molecule has 0 radical (unpaired) electrons. The average Bonchev–Trinajstić information content (AvgIpc) is 2.47. The molecule has 1 aliphatic rings. The summed E-state index contributed by atoms with van der Waals surface area (Å²) in [5, 5.41) is 0. The molecule has 1 aliphatic heterocycles. The van der Waals surface area contributed by atoms with Gasteiger partial charge in [0.15, 0.2) is 0 Å². The van der Waals surface area contributed by atoms with E-state index in [4.69, 9.17) is 9.57 Å². The number of carbonyl (C=O) groups excluding carboxylic acids is 1. The van der Waals surface area contributed by atoms with Gasteiger partial charge in [-0.25, -0.2) is 5.48 Å². The summed E-state index contributed by atoms with van der Waals surface area (Å²) in [6.07, 6.45) is 0.811. The Bertz CT molecular complexity index is 182. The maximum absolute atomic E-state index is 11.4. The number of ether oxygens (including phenoxy) is 1. The molecule has 1 N–H and O–H groups in total. The van der Waals surface area contributed by atoms with Crippen molar-refractivity contribution in [1.82, 2.24) is 5.48 Å². The fourth-order valence-corrected chi connectivity index (χ4v) is 1.33. The highest BCUT2D eigenvalue weighted by Crippen LogP contribution is 2.20. The van der Waals surface area contributed by atoms with E-state index in [0.29, 0.717) is 6.61 Å². The number of hydrogen-bond acceptors (Lipinski definition) is 3. The highest BCUT2D eigenvalue weighted by atomic mass is 16.7. The van der Waals surface area contributed by atoms with Gasteiger partial charge < -0.3 is 4.74 Å². The zero-order chi connectivity index (χ0) is 9.84. The second-order valence-corrected chi connectivity index (χ2v) is 3.60. The molecule has 0 aromatic rings. The third-order valence-electron chi connectivity index (χ3n) is 2.11. The van der Waals surface area contributed by atoms with Crippen molar-refractivity contribution < 1.29 is 14.4 Å². The van der Waals surface area contributed by atoms with E-state index >= 15 is 0 Å². The largest absolute Gasteiger partial charge is 0.378 e. The lowest BCUT2D eigenvalue weighted by Gasteiger charge is -2.14. The summed E-state index contributed by atoms with van der Waals surface area (Å²) in [6.45, 7) is 6.32. The predicted molar refractivity (Wildman–Crippen MR) is 47.9 cm³/mol. The smallest absolute Gasteiger partial charge is 0.249 e. The van der Waals surface area contributed by atoms with Crippen molar-refractivity contribution in [2.75, 3.05) is 6.61 Å². The molecule has 0 spiro atoms. The van der Waals surface area contributed by atoms with Gasteiger partial charge in [0.2, 0.25) is 5.91 Å². The molecule has 4 nitrogen and oxygen atoms in total. The number of rotatable bonds is 3. The highest BCUT2D eigenvalue weighted by molar-refractivity contribution is 5.78. The predicted octanol–water partition coefficient (Wildman–Crippen LogP) is 0.868. The van der Waals surface area contributed by atoms with Gasteiger partial charge >= 0.3 is 0 Å². The third-order valence-corrected chi connectivity index (χ3v) is 2.11. The van der Waals surface area contributed by atoms with Crippen LogP contribution in [0.3, 0.4) is 0 Å². The molecule has 76 valence electrons. The Labute approximate surface area is 78.5 Å². The molecule has 0 saturated carbocycles. The molecule has 2 atom stereocenters. The molecule has 0 aromatic carbocycles. The van der Waals surface area contributed by atoms with Crippen molar-refractivity contribution in [3.8, 4) is 0 Å². The van der Waals surface area contributed by atoms with E-state index in [1.165, 1.54) is 0 Å². The topological polar surface area (TPSA) is 47.6 Å². The lowest BCUT2D eigenvalue weighted by Crippen LogP contribution is -2.35. The number of hydroxylamine groups is 1. The van der Waals surface area contributed by atoms with Gasteiger partial charge in [-0.3, -0.25) is 9.63 Å². The van der Waals surface area contributed by atoms with Crippen LogP contribution in [0, 0.1) is 5.92 Å². The molecule has 1 rings (SSSR count). The van der Waals surface area contributed by atoms with E-state index in [-0.39, 0.29) is 24.0 Å². The zero-order valence-electron chi connectivity index (χ0n) is 8.37. The van der Waals surface area contributed by atoms with Crippen LogP contribution in [-0.2, 0) is 14.4 Å². The minimum Gasteiger partial charge on any atom is -0.378 e. The van der Waals surface area contributed by atoms with E-state index in [2.05, 4.69) is 5.48 Å². The first kappa shape index (κ1) is 10.5. The Morgan fingerprint density at radius 3 is 2.77 bits per heavy atom. The Morgan fingerprint density at radius 2 is 2.31 bits per heavy atom. The van der Waals surface area contributed by atoms with Crippen LogP contribution in [0.15, 0.2) is 0 Å². The van der Waals surface area contributed by atoms with Crippen LogP contribution < -0.4 is 5.48 Å². The zero-order valence-corrected chi connectivity index (χ0v) is 8.37. The molecule has 1 amide bonds. The van der Waals surface area contributed by atoms with Crippen LogP contribution >= 0.6 is 0 Å². The van der Waals surface area contributed by atoms with Crippen LogP contribution in [0.1, 0.15) is 27.2 Å². The van der Waals surface area contributed by atoms with Gasteiger partial charge in [-0.15, -0.1) is 0 Å². The second kappa shape index (κ2) is 4.58. The van der Waals surface area contributed by atoms with Crippen molar-refractivity contribution in [2.45, 2.75) is 39.4 Å². The molecule has 2 unspecified atom stereocenters. The maximum atomic E-state index is 11.4. The number of amides is 1. The van der Waals surface area contributed by atoms with E-state index in [9.17, 15) is 4.79 Å². The normalized spacial score (nSPS) is 28.0. The number of carbonyl (C=O) groups is 1. The summed E-state index contributed by atoms with van der Waals surface area (Å²) in [5.41, 5.74) is 2.44. The van der Waals surface area contributed by atoms with Crippen molar-refractivity contribution >= 4 is 5.91 Å². The molecule has 0 aromatic heterocycles. The van der Waals surface area contributed by atoms with Crippen LogP contribution in [0.25, 0.3) is 0 Å². The Balaban J connectivity index is 2.30. The highest BCUT2D eigenvalue weighted by Gasteiger charge is 2.30. The van der Waals surface area contributed by atoms with Crippen LogP contribution in [0.4, 0.5) is 0 Å². The molecule has 13 heavy (non-hydrogen) atoms. The van der Waals surface area contributed by atoms with Gasteiger partial charge in [0.1, 0.15) is 0 Å².